The molecule has 0 amide bonds. The molecule has 1 atom stereocenters. The zero-order chi connectivity index (χ0) is 11.5. The molecule has 0 saturated carbocycles. The zero-order valence-electron chi connectivity index (χ0n) is 9.29. The fourth-order valence-electron chi connectivity index (χ4n) is 1.64. The van der Waals surface area contributed by atoms with Gasteiger partial charge in [0.1, 0.15) is 11.8 Å². The first-order chi connectivity index (χ1) is 7.70. The lowest BCUT2D eigenvalue weighted by atomic mass is 10.2. The molecule has 1 N–H and O–H groups in total. The fourth-order valence-corrected chi connectivity index (χ4v) is 2.92. The van der Waals surface area contributed by atoms with E-state index in [1.54, 1.807) is 11.3 Å². The lowest BCUT2D eigenvalue weighted by Gasteiger charge is -2.13. The van der Waals surface area contributed by atoms with Crippen LogP contribution in [-0.4, -0.2) is 6.54 Å². The number of furan rings is 1. The monoisotopic (exact) mass is 299 g/mol. The first-order valence-corrected chi connectivity index (χ1v) is 6.86. The van der Waals surface area contributed by atoms with Gasteiger partial charge in [0, 0.05) is 9.75 Å². The Morgan fingerprint density at radius 3 is 2.69 bits per heavy atom. The highest BCUT2D eigenvalue weighted by Gasteiger charge is 2.18. The highest BCUT2D eigenvalue weighted by Crippen LogP contribution is 2.30. The van der Waals surface area contributed by atoms with Gasteiger partial charge < -0.3 is 9.73 Å². The molecule has 4 heteroatoms. The van der Waals surface area contributed by atoms with E-state index in [2.05, 4.69) is 47.2 Å². The molecule has 1 unspecified atom stereocenters. The molecule has 2 aromatic heterocycles. The zero-order valence-corrected chi connectivity index (χ0v) is 11.7. The molecule has 0 radical (unpaired) electrons. The lowest BCUT2D eigenvalue weighted by Crippen LogP contribution is -2.20. The van der Waals surface area contributed by atoms with Crippen LogP contribution in [0.3, 0.4) is 0 Å². The third-order valence-corrected chi connectivity index (χ3v) is 3.82. The molecule has 86 valence electrons. The molecule has 0 aliphatic carbocycles. The van der Waals surface area contributed by atoms with E-state index in [9.17, 15) is 0 Å². The van der Waals surface area contributed by atoms with Crippen molar-refractivity contribution in [3.05, 3.63) is 44.4 Å². The van der Waals surface area contributed by atoms with Crippen LogP contribution in [0.4, 0.5) is 0 Å². The number of nitrogens with one attached hydrogen (secondary N) is 1. The second kappa shape index (κ2) is 5.17. The van der Waals surface area contributed by atoms with Crippen molar-refractivity contribution >= 4 is 27.3 Å². The Balaban J connectivity index is 2.30. The van der Waals surface area contributed by atoms with Crippen molar-refractivity contribution in [2.45, 2.75) is 19.9 Å². The first-order valence-electron chi connectivity index (χ1n) is 5.25. The largest absolute Gasteiger partial charge is 0.452 e. The molecule has 0 fully saturated rings. The molecule has 2 aromatic rings. The second-order valence-electron chi connectivity index (χ2n) is 3.58. The molecule has 0 aliphatic rings. The third-order valence-electron chi connectivity index (χ3n) is 2.33. The molecule has 0 saturated heterocycles. The quantitative estimate of drug-likeness (QED) is 0.919. The van der Waals surface area contributed by atoms with Gasteiger partial charge in [0.2, 0.25) is 0 Å². The Labute approximate surface area is 108 Å². The molecule has 16 heavy (non-hydrogen) atoms. The van der Waals surface area contributed by atoms with Crippen LogP contribution in [0.1, 0.15) is 28.5 Å². The minimum Gasteiger partial charge on any atom is -0.452 e. The average Bonchev–Trinajstić information content (AvgIpc) is 2.84. The van der Waals surface area contributed by atoms with Gasteiger partial charge in [-0.05, 0) is 53.7 Å². The molecular weight excluding hydrogens is 286 g/mol. The smallest absolute Gasteiger partial charge is 0.169 e. The summed E-state index contributed by atoms with van der Waals surface area (Å²) in [5, 5.41) is 3.44. The van der Waals surface area contributed by atoms with Crippen molar-refractivity contribution < 1.29 is 4.42 Å². The van der Waals surface area contributed by atoms with Gasteiger partial charge in [-0.25, -0.2) is 0 Å². The Bertz CT molecular complexity index is 423. The van der Waals surface area contributed by atoms with E-state index in [0.717, 1.165) is 17.0 Å². The standard InChI is InChI=1S/C12H14BrNOS/c1-3-14-12(9-5-7-11(13)15-9)10-6-4-8(2)16-10/h4-7,12,14H,3H2,1-2H3. The third kappa shape index (κ3) is 2.56. The van der Waals surface area contributed by atoms with Crippen molar-refractivity contribution in [3.63, 3.8) is 0 Å². The van der Waals surface area contributed by atoms with Crippen LogP contribution in [0.2, 0.25) is 0 Å². The van der Waals surface area contributed by atoms with Gasteiger partial charge in [0.25, 0.3) is 0 Å². The minimum atomic E-state index is 0.162. The van der Waals surface area contributed by atoms with Crippen LogP contribution in [0.15, 0.2) is 33.4 Å². The summed E-state index contributed by atoms with van der Waals surface area (Å²) in [4.78, 5) is 2.62. The molecule has 0 bridgehead atoms. The number of thiophene rings is 1. The molecular formula is C12H14BrNOS. The number of rotatable bonds is 4. The van der Waals surface area contributed by atoms with Crippen LogP contribution >= 0.6 is 27.3 Å². The molecule has 0 spiro atoms. The maximum absolute atomic E-state index is 5.62. The Kier molecular flexibility index (Phi) is 3.84. The summed E-state index contributed by atoms with van der Waals surface area (Å²) in [7, 11) is 0. The molecule has 2 rings (SSSR count). The van der Waals surface area contributed by atoms with Gasteiger partial charge in [-0.1, -0.05) is 6.92 Å². The fraction of sp³-hybridized carbons (Fsp3) is 0.333. The predicted octanol–water partition coefficient (Wildman–Crippen LogP) is 4.11. The van der Waals surface area contributed by atoms with E-state index in [1.165, 1.54) is 9.75 Å². The van der Waals surface area contributed by atoms with Crippen molar-refractivity contribution in [2.75, 3.05) is 6.54 Å². The normalized spacial score (nSPS) is 12.9. The van der Waals surface area contributed by atoms with Crippen molar-refractivity contribution in [3.8, 4) is 0 Å². The van der Waals surface area contributed by atoms with Crippen molar-refractivity contribution in [2.24, 2.45) is 0 Å². The van der Waals surface area contributed by atoms with Crippen LogP contribution < -0.4 is 5.32 Å². The number of aryl methyl sites for hydroxylation is 1. The van der Waals surface area contributed by atoms with Gasteiger partial charge in [0.05, 0.1) is 0 Å². The summed E-state index contributed by atoms with van der Waals surface area (Å²) < 4.78 is 6.40. The van der Waals surface area contributed by atoms with E-state index < -0.39 is 0 Å². The topological polar surface area (TPSA) is 25.2 Å². The molecule has 2 nitrogen and oxygen atoms in total. The van der Waals surface area contributed by atoms with E-state index in [1.807, 2.05) is 12.1 Å². The average molecular weight is 300 g/mol. The first kappa shape index (κ1) is 11.9. The van der Waals surface area contributed by atoms with E-state index in [4.69, 9.17) is 4.42 Å². The number of hydrogen-bond donors (Lipinski definition) is 1. The summed E-state index contributed by atoms with van der Waals surface area (Å²) >= 11 is 5.14. The lowest BCUT2D eigenvalue weighted by molar-refractivity contribution is 0.440. The van der Waals surface area contributed by atoms with Crippen molar-refractivity contribution in [1.82, 2.24) is 5.32 Å². The number of halogens is 1. The summed E-state index contributed by atoms with van der Waals surface area (Å²) in [6.45, 7) is 5.14. The summed E-state index contributed by atoms with van der Waals surface area (Å²) in [5.41, 5.74) is 0. The SMILES string of the molecule is CCNC(c1ccc(Br)o1)c1ccc(C)s1. The highest BCUT2D eigenvalue weighted by atomic mass is 79.9. The van der Waals surface area contributed by atoms with Crippen LogP contribution in [0.5, 0.6) is 0 Å². The summed E-state index contributed by atoms with van der Waals surface area (Å²) in [6.07, 6.45) is 0. The van der Waals surface area contributed by atoms with E-state index in [-0.39, 0.29) is 6.04 Å². The van der Waals surface area contributed by atoms with Gasteiger partial charge >= 0.3 is 0 Å². The maximum atomic E-state index is 5.62. The predicted molar refractivity (Wildman–Crippen MR) is 71.0 cm³/mol. The van der Waals surface area contributed by atoms with Crippen molar-refractivity contribution in [1.29, 1.82) is 0 Å². The maximum Gasteiger partial charge on any atom is 0.169 e. The minimum absolute atomic E-state index is 0.162. The highest BCUT2D eigenvalue weighted by molar-refractivity contribution is 9.10. The van der Waals surface area contributed by atoms with Crippen LogP contribution in [0, 0.1) is 6.92 Å². The Hall–Kier alpha value is -0.580. The molecule has 0 aliphatic heterocycles. The molecule has 2 heterocycles. The van der Waals surface area contributed by atoms with E-state index in [0.29, 0.717) is 0 Å². The van der Waals surface area contributed by atoms with Gasteiger partial charge in [-0.2, -0.15) is 0 Å². The molecule has 0 aromatic carbocycles. The van der Waals surface area contributed by atoms with Gasteiger partial charge in [0.15, 0.2) is 4.67 Å². The Morgan fingerprint density at radius 2 is 2.19 bits per heavy atom. The Morgan fingerprint density at radius 1 is 1.38 bits per heavy atom. The van der Waals surface area contributed by atoms with E-state index >= 15 is 0 Å². The summed E-state index contributed by atoms with van der Waals surface area (Å²) in [6, 6.07) is 8.40. The second-order valence-corrected chi connectivity index (χ2v) is 5.68. The van der Waals surface area contributed by atoms with Crippen LogP contribution in [-0.2, 0) is 0 Å². The van der Waals surface area contributed by atoms with Gasteiger partial charge in [-0.15, -0.1) is 11.3 Å². The summed E-state index contributed by atoms with van der Waals surface area (Å²) in [5.74, 6) is 0.954. The van der Waals surface area contributed by atoms with Crippen LogP contribution in [0.25, 0.3) is 0 Å². The van der Waals surface area contributed by atoms with Gasteiger partial charge in [-0.3, -0.25) is 0 Å². The number of hydrogen-bond acceptors (Lipinski definition) is 3.